The molecule has 9 nitrogen and oxygen atoms in total. The zero-order valence-electron chi connectivity index (χ0n) is 13.5. The Bertz CT molecular complexity index is 914. The van der Waals surface area contributed by atoms with Gasteiger partial charge < -0.3 is 10.1 Å². The summed E-state index contributed by atoms with van der Waals surface area (Å²) in [6, 6.07) is 9.66. The van der Waals surface area contributed by atoms with Crippen LogP contribution in [0.2, 0.25) is 5.15 Å². The number of hydrogen-bond acceptors (Lipinski definition) is 7. The van der Waals surface area contributed by atoms with Crippen LogP contribution in [0.5, 0.6) is 0 Å². The van der Waals surface area contributed by atoms with Crippen molar-refractivity contribution >= 4 is 29.2 Å². The third-order valence-corrected chi connectivity index (χ3v) is 3.69. The number of rotatable bonds is 5. The van der Waals surface area contributed by atoms with Crippen LogP contribution >= 0.6 is 11.6 Å². The molecular formula is C16H13ClN6O3. The highest BCUT2D eigenvalue weighted by Gasteiger charge is 2.20. The first-order valence-electron chi connectivity index (χ1n) is 7.50. The maximum absolute atomic E-state index is 12.2. The van der Waals surface area contributed by atoms with Gasteiger partial charge in [-0.3, -0.25) is 4.79 Å². The molecule has 0 fully saturated rings. The molecule has 1 amide bonds. The minimum absolute atomic E-state index is 0.151. The minimum atomic E-state index is -1.02. The number of halogens is 1. The third kappa shape index (κ3) is 4.01. The molecule has 1 aromatic carbocycles. The van der Waals surface area contributed by atoms with Crippen LogP contribution in [0.1, 0.15) is 17.3 Å². The molecule has 0 aliphatic carbocycles. The fraction of sp³-hybridized carbons (Fsp3) is 0.125. The standard InChI is InChI=1S/C16H13ClN6O3/c1-10(15(24)20-13-3-2-8-18-14(13)17)26-16(25)11-4-6-12(7-5-11)23-9-19-21-22-23/h2-10H,1H3,(H,20,24)/t10-/m1/s1. The number of carbonyl (C=O) groups is 2. The number of hydrogen-bond donors (Lipinski definition) is 1. The lowest BCUT2D eigenvalue weighted by atomic mass is 10.2. The smallest absolute Gasteiger partial charge is 0.338 e. The predicted molar refractivity (Wildman–Crippen MR) is 91.9 cm³/mol. The minimum Gasteiger partial charge on any atom is -0.449 e. The van der Waals surface area contributed by atoms with Crippen LogP contribution in [-0.4, -0.2) is 43.2 Å². The number of esters is 1. The molecule has 10 heteroatoms. The molecule has 0 unspecified atom stereocenters. The number of nitrogens with one attached hydrogen (secondary N) is 1. The fourth-order valence-electron chi connectivity index (χ4n) is 2.03. The molecule has 0 aliphatic rings. The summed E-state index contributed by atoms with van der Waals surface area (Å²) in [7, 11) is 0. The van der Waals surface area contributed by atoms with Crippen LogP contribution in [0.15, 0.2) is 48.9 Å². The lowest BCUT2D eigenvalue weighted by Gasteiger charge is -2.14. The van der Waals surface area contributed by atoms with E-state index in [0.717, 1.165) is 0 Å². The first-order valence-corrected chi connectivity index (χ1v) is 7.88. The first-order chi connectivity index (χ1) is 12.5. The van der Waals surface area contributed by atoms with E-state index in [-0.39, 0.29) is 5.15 Å². The molecule has 3 rings (SSSR count). The topological polar surface area (TPSA) is 112 Å². The molecule has 26 heavy (non-hydrogen) atoms. The number of aromatic nitrogens is 5. The summed E-state index contributed by atoms with van der Waals surface area (Å²) in [4.78, 5) is 28.2. The summed E-state index contributed by atoms with van der Waals surface area (Å²) in [6.07, 6.45) is 1.92. The quantitative estimate of drug-likeness (QED) is 0.537. The van der Waals surface area contributed by atoms with Crippen molar-refractivity contribution in [1.29, 1.82) is 0 Å². The van der Waals surface area contributed by atoms with E-state index in [2.05, 4.69) is 25.8 Å². The van der Waals surface area contributed by atoms with Crippen molar-refractivity contribution in [3.63, 3.8) is 0 Å². The molecule has 0 saturated carbocycles. The second-order valence-corrected chi connectivity index (χ2v) is 5.54. The molecule has 0 aliphatic heterocycles. The van der Waals surface area contributed by atoms with Crippen molar-refractivity contribution in [1.82, 2.24) is 25.2 Å². The average Bonchev–Trinajstić information content (AvgIpc) is 3.18. The van der Waals surface area contributed by atoms with Gasteiger partial charge in [0.2, 0.25) is 0 Å². The maximum atomic E-state index is 12.2. The monoisotopic (exact) mass is 372 g/mol. The Hall–Kier alpha value is -3.33. The number of pyridine rings is 1. The zero-order chi connectivity index (χ0) is 18.5. The number of amides is 1. The molecule has 0 radical (unpaired) electrons. The number of tetrazole rings is 1. The van der Waals surface area contributed by atoms with Gasteiger partial charge in [-0.2, -0.15) is 0 Å². The molecule has 0 saturated heterocycles. The SMILES string of the molecule is C[C@@H](OC(=O)c1ccc(-n2cnnn2)cc1)C(=O)Nc1cccnc1Cl. The normalized spacial score (nSPS) is 11.6. The second-order valence-electron chi connectivity index (χ2n) is 5.18. The van der Waals surface area contributed by atoms with E-state index in [1.807, 2.05) is 0 Å². The lowest BCUT2D eigenvalue weighted by Crippen LogP contribution is -2.30. The molecule has 2 heterocycles. The van der Waals surface area contributed by atoms with E-state index in [4.69, 9.17) is 16.3 Å². The molecule has 132 valence electrons. The second kappa shape index (κ2) is 7.70. The summed E-state index contributed by atoms with van der Waals surface area (Å²) in [6.45, 7) is 1.47. The van der Waals surface area contributed by atoms with Crippen molar-refractivity contribution in [3.05, 3.63) is 59.6 Å². The van der Waals surface area contributed by atoms with Gasteiger partial charge >= 0.3 is 5.97 Å². The summed E-state index contributed by atoms with van der Waals surface area (Å²) in [5.41, 5.74) is 1.32. The summed E-state index contributed by atoms with van der Waals surface area (Å²) < 4.78 is 6.63. The Morgan fingerprint density at radius 1 is 1.23 bits per heavy atom. The van der Waals surface area contributed by atoms with Crippen molar-refractivity contribution in [2.24, 2.45) is 0 Å². The van der Waals surface area contributed by atoms with Gasteiger partial charge in [-0.15, -0.1) is 5.10 Å². The molecule has 2 aromatic heterocycles. The van der Waals surface area contributed by atoms with Gasteiger partial charge in [0.25, 0.3) is 5.91 Å². The Morgan fingerprint density at radius 2 is 2.00 bits per heavy atom. The van der Waals surface area contributed by atoms with Crippen molar-refractivity contribution < 1.29 is 14.3 Å². The predicted octanol–water partition coefficient (Wildman–Crippen LogP) is 1.89. The van der Waals surface area contributed by atoms with Crippen molar-refractivity contribution in [2.75, 3.05) is 5.32 Å². The number of anilines is 1. The van der Waals surface area contributed by atoms with Crippen LogP contribution in [0, 0.1) is 0 Å². The van der Waals surface area contributed by atoms with Crippen LogP contribution < -0.4 is 5.32 Å². The molecule has 3 aromatic rings. The highest BCUT2D eigenvalue weighted by atomic mass is 35.5. The van der Waals surface area contributed by atoms with E-state index in [0.29, 0.717) is 16.9 Å². The summed E-state index contributed by atoms with van der Waals surface area (Å²) in [5.74, 6) is -1.15. The van der Waals surface area contributed by atoms with E-state index in [1.165, 1.54) is 24.1 Å². The van der Waals surface area contributed by atoms with Crippen molar-refractivity contribution in [2.45, 2.75) is 13.0 Å². The summed E-state index contributed by atoms with van der Waals surface area (Å²) in [5, 5.41) is 13.5. The van der Waals surface area contributed by atoms with Crippen LogP contribution in [0.25, 0.3) is 5.69 Å². The third-order valence-electron chi connectivity index (χ3n) is 3.39. The van der Waals surface area contributed by atoms with Gasteiger partial charge in [0.15, 0.2) is 11.3 Å². The van der Waals surface area contributed by atoms with E-state index in [9.17, 15) is 9.59 Å². The highest BCUT2D eigenvalue weighted by Crippen LogP contribution is 2.18. The summed E-state index contributed by atoms with van der Waals surface area (Å²) >= 11 is 5.88. The Labute approximate surface area is 152 Å². The largest absolute Gasteiger partial charge is 0.449 e. The van der Waals surface area contributed by atoms with E-state index in [1.54, 1.807) is 36.4 Å². The number of ether oxygens (including phenoxy) is 1. The first kappa shape index (κ1) is 17.5. The molecular weight excluding hydrogens is 360 g/mol. The average molecular weight is 373 g/mol. The number of benzene rings is 1. The van der Waals surface area contributed by atoms with Crippen LogP contribution in [-0.2, 0) is 9.53 Å². The lowest BCUT2D eigenvalue weighted by molar-refractivity contribution is -0.123. The van der Waals surface area contributed by atoms with Crippen molar-refractivity contribution in [3.8, 4) is 5.69 Å². The molecule has 0 bridgehead atoms. The van der Waals surface area contributed by atoms with Crippen LogP contribution in [0.4, 0.5) is 5.69 Å². The maximum Gasteiger partial charge on any atom is 0.338 e. The van der Waals surface area contributed by atoms with Gasteiger partial charge in [0, 0.05) is 6.20 Å². The Kier molecular flexibility index (Phi) is 5.18. The molecule has 1 atom stereocenters. The molecule has 1 N–H and O–H groups in total. The van der Waals surface area contributed by atoms with E-state index < -0.39 is 18.0 Å². The van der Waals surface area contributed by atoms with Gasteiger partial charge in [-0.05, 0) is 53.7 Å². The van der Waals surface area contributed by atoms with Gasteiger partial charge in [-0.25, -0.2) is 14.5 Å². The Morgan fingerprint density at radius 3 is 2.65 bits per heavy atom. The highest BCUT2D eigenvalue weighted by molar-refractivity contribution is 6.32. The molecule has 0 spiro atoms. The zero-order valence-corrected chi connectivity index (χ0v) is 14.3. The van der Waals surface area contributed by atoms with E-state index >= 15 is 0 Å². The Balaban J connectivity index is 1.61. The van der Waals surface area contributed by atoms with Gasteiger partial charge in [0.1, 0.15) is 6.33 Å². The van der Waals surface area contributed by atoms with Gasteiger partial charge in [-0.1, -0.05) is 11.6 Å². The number of carbonyl (C=O) groups excluding carboxylic acids is 2. The van der Waals surface area contributed by atoms with Gasteiger partial charge in [0.05, 0.1) is 16.9 Å². The number of nitrogens with zero attached hydrogens (tertiary/aromatic N) is 5. The van der Waals surface area contributed by atoms with Crippen LogP contribution in [0.3, 0.4) is 0 Å². The fourth-order valence-corrected chi connectivity index (χ4v) is 2.19.